The molecule has 0 radical (unpaired) electrons. The van der Waals surface area contributed by atoms with Crippen molar-refractivity contribution in [3.8, 4) is 0 Å². The van der Waals surface area contributed by atoms with Gasteiger partial charge >= 0.3 is 0 Å². The fourth-order valence-corrected chi connectivity index (χ4v) is 2.97. The van der Waals surface area contributed by atoms with Crippen molar-refractivity contribution in [3.05, 3.63) is 0 Å². The van der Waals surface area contributed by atoms with Gasteiger partial charge in [-0.15, -0.1) is 0 Å². The van der Waals surface area contributed by atoms with Gasteiger partial charge in [-0.25, -0.2) is 0 Å². The van der Waals surface area contributed by atoms with Crippen molar-refractivity contribution in [3.63, 3.8) is 0 Å². The zero-order chi connectivity index (χ0) is 11.5. The summed E-state index contributed by atoms with van der Waals surface area (Å²) in [5.41, 5.74) is 0. The fourth-order valence-electron chi connectivity index (χ4n) is 2.97. The molecule has 0 aromatic heterocycles. The Hall–Kier alpha value is -0.120. The van der Waals surface area contributed by atoms with E-state index in [-0.39, 0.29) is 0 Å². The van der Waals surface area contributed by atoms with Crippen molar-refractivity contribution >= 4 is 0 Å². The molecular weight excluding hydrogens is 200 g/mol. The van der Waals surface area contributed by atoms with Gasteiger partial charge in [0, 0.05) is 32.2 Å². The maximum atomic E-state index is 6.03. The Morgan fingerprint density at radius 3 is 2.94 bits per heavy atom. The van der Waals surface area contributed by atoms with E-state index in [0.717, 1.165) is 32.2 Å². The number of ether oxygens (including phenoxy) is 1. The maximum Gasteiger partial charge on any atom is 0.0728 e. The molecule has 2 saturated heterocycles. The third kappa shape index (κ3) is 2.96. The Bertz CT molecular complexity index is 220. The number of rotatable bonds is 3. The molecule has 0 aliphatic carbocycles. The second-order valence-corrected chi connectivity index (χ2v) is 5.83. The van der Waals surface area contributed by atoms with Crippen LogP contribution >= 0.6 is 0 Å². The Morgan fingerprint density at radius 2 is 2.19 bits per heavy atom. The molecule has 3 atom stereocenters. The van der Waals surface area contributed by atoms with Crippen molar-refractivity contribution in [2.24, 2.45) is 11.8 Å². The van der Waals surface area contributed by atoms with Gasteiger partial charge in [0.05, 0.1) is 12.7 Å². The molecule has 16 heavy (non-hydrogen) atoms. The van der Waals surface area contributed by atoms with Crippen molar-refractivity contribution in [2.75, 3.05) is 32.8 Å². The van der Waals surface area contributed by atoms with E-state index in [4.69, 9.17) is 4.74 Å². The summed E-state index contributed by atoms with van der Waals surface area (Å²) in [6.45, 7) is 12.4. The number of hydrogen-bond acceptors (Lipinski definition) is 3. The number of nitrogens with one attached hydrogen (secondary N) is 1. The van der Waals surface area contributed by atoms with Gasteiger partial charge in [0.2, 0.25) is 0 Å². The van der Waals surface area contributed by atoms with Crippen molar-refractivity contribution in [1.29, 1.82) is 0 Å². The molecule has 2 aliphatic rings. The van der Waals surface area contributed by atoms with Crippen LogP contribution in [0, 0.1) is 11.8 Å². The molecule has 0 amide bonds. The van der Waals surface area contributed by atoms with Crippen LogP contribution in [0.2, 0.25) is 0 Å². The molecule has 2 rings (SSSR count). The lowest BCUT2D eigenvalue weighted by atomic mass is 9.92. The van der Waals surface area contributed by atoms with Crippen LogP contribution in [0.4, 0.5) is 0 Å². The lowest BCUT2D eigenvalue weighted by Crippen LogP contribution is -2.59. The quantitative estimate of drug-likeness (QED) is 0.786. The molecule has 2 heterocycles. The van der Waals surface area contributed by atoms with Crippen LogP contribution in [0.3, 0.4) is 0 Å². The van der Waals surface area contributed by atoms with Gasteiger partial charge in [-0.05, 0) is 18.3 Å². The summed E-state index contributed by atoms with van der Waals surface area (Å²) in [6, 6.07) is 0.622. The second kappa shape index (κ2) is 5.48. The zero-order valence-electron chi connectivity index (χ0n) is 10.9. The summed E-state index contributed by atoms with van der Waals surface area (Å²) >= 11 is 0. The first-order chi connectivity index (χ1) is 7.66. The lowest BCUT2D eigenvalue weighted by molar-refractivity contribution is -0.0926. The third-order valence-electron chi connectivity index (χ3n) is 3.87. The van der Waals surface area contributed by atoms with Gasteiger partial charge in [-0.2, -0.15) is 0 Å². The van der Waals surface area contributed by atoms with Crippen LogP contribution < -0.4 is 5.32 Å². The van der Waals surface area contributed by atoms with Gasteiger partial charge in [0.25, 0.3) is 0 Å². The van der Waals surface area contributed by atoms with Crippen molar-refractivity contribution < 1.29 is 4.74 Å². The molecule has 0 saturated carbocycles. The maximum absolute atomic E-state index is 6.03. The number of morpholine rings is 1. The molecule has 0 bridgehead atoms. The van der Waals surface area contributed by atoms with Gasteiger partial charge in [0.1, 0.15) is 0 Å². The highest BCUT2D eigenvalue weighted by atomic mass is 16.5. The normalized spacial score (nSPS) is 33.8. The number of hydrogen-bond donors (Lipinski definition) is 1. The Morgan fingerprint density at radius 1 is 1.38 bits per heavy atom. The van der Waals surface area contributed by atoms with E-state index in [1.807, 2.05) is 0 Å². The van der Waals surface area contributed by atoms with Crippen LogP contribution in [-0.4, -0.2) is 49.8 Å². The summed E-state index contributed by atoms with van der Waals surface area (Å²) in [5, 5.41) is 3.44. The summed E-state index contributed by atoms with van der Waals surface area (Å²) in [4.78, 5) is 2.61. The predicted molar refractivity (Wildman–Crippen MR) is 66.6 cm³/mol. The minimum atomic E-state index is 0.455. The average molecular weight is 226 g/mol. The van der Waals surface area contributed by atoms with E-state index >= 15 is 0 Å². The SMILES string of the molecule is CC(C)CC(C)C1CN2CCNCC2CO1. The molecule has 1 N–H and O–H groups in total. The van der Waals surface area contributed by atoms with Crippen LogP contribution in [0.1, 0.15) is 27.2 Å². The summed E-state index contributed by atoms with van der Waals surface area (Å²) < 4.78 is 6.03. The highest BCUT2D eigenvalue weighted by molar-refractivity contribution is 4.87. The first-order valence-electron chi connectivity index (χ1n) is 6.73. The Labute approximate surface area is 99.5 Å². The standard InChI is InChI=1S/C13H26N2O/c1-10(2)6-11(3)13-8-15-5-4-14-7-12(15)9-16-13/h10-14H,4-9H2,1-3H3. The monoisotopic (exact) mass is 226 g/mol. The Balaban J connectivity index is 1.84. The Kier molecular flexibility index (Phi) is 4.22. The van der Waals surface area contributed by atoms with Crippen LogP contribution in [0.15, 0.2) is 0 Å². The van der Waals surface area contributed by atoms with Crippen LogP contribution in [0.5, 0.6) is 0 Å². The van der Waals surface area contributed by atoms with Gasteiger partial charge in [-0.1, -0.05) is 20.8 Å². The predicted octanol–water partition coefficient (Wildman–Crippen LogP) is 1.34. The number of fused-ring (bicyclic) bond motifs is 1. The molecule has 3 nitrogen and oxygen atoms in total. The van der Waals surface area contributed by atoms with Crippen molar-refractivity contribution in [1.82, 2.24) is 10.2 Å². The van der Waals surface area contributed by atoms with E-state index in [2.05, 4.69) is 31.0 Å². The number of piperazine rings is 1. The highest BCUT2D eigenvalue weighted by Gasteiger charge is 2.32. The fraction of sp³-hybridized carbons (Fsp3) is 1.00. The van der Waals surface area contributed by atoms with E-state index in [0.29, 0.717) is 18.1 Å². The minimum absolute atomic E-state index is 0.455. The first-order valence-corrected chi connectivity index (χ1v) is 6.73. The van der Waals surface area contributed by atoms with E-state index in [1.54, 1.807) is 0 Å². The highest BCUT2D eigenvalue weighted by Crippen LogP contribution is 2.23. The largest absolute Gasteiger partial charge is 0.375 e. The van der Waals surface area contributed by atoms with E-state index in [1.165, 1.54) is 13.0 Å². The molecule has 3 heteroatoms. The van der Waals surface area contributed by atoms with Crippen molar-refractivity contribution in [2.45, 2.75) is 39.3 Å². The van der Waals surface area contributed by atoms with Gasteiger partial charge in [0.15, 0.2) is 0 Å². The topological polar surface area (TPSA) is 24.5 Å². The summed E-state index contributed by atoms with van der Waals surface area (Å²) in [6.07, 6.45) is 1.73. The number of nitrogens with zero attached hydrogens (tertiary/aromatic N) is 1. The van der Waals surface area contributed by atoms with E-state index in [9.17, 15) is 0 Å². The van der Waals surface area contributed by atoms with Crippen LogP contribution in [0.25, 0.3) is 0 Å². The molecule has 2 aliphatic heterocycles. The zero-order valence-corrected chi connectivity index (χ0v) is 10.9. The van der Waals surface area contributed by atoms with E-state index < -0.39 is 0 Å². The minimum Gasteiger partial charge on any atom is -0.375 e. The van der Waals surface area contributed by atoms with Gasteiger partial charge < -0.3 is 10.1 Å². The van der Waals surface area contributed by atoms with Crippen LogP contribution in [-0.2, 0) is 4.74 Å². The van der Waals surface area contributed by atoms with Gasteiger partial charge in [-0.3, -0.25) is 4.90 Å². The second-order valence-electron chi connectivity index (χ2n) is 5.83. The summed E-state index contributed by atoms with van der Waals surface area (Å²) in [7, 11) is 0. The third-order valence-corrected chi connectivity index (χ3v) is 3.87. The lowest BCUT2D eigenvalue weighted by Gasteiger charge is -2.44. The molecular formula is C13H26N2O. The molecule has 0 aromatic carbocycles. The first kappa shape index (κ1) is 12.3. The average Bonchev–Trinajstić information content (AvgIpc) is 2.27. The molecule has 94 valence electrons. The molecule has 0 aromatic rings. The molecule has 0 spiro atoms. The summed E-state index contributed by atoms with van der Waals surface area (Å²) in [5.74, 6) is 1.47. The smallest absolute Gasteiger partial charge is 0.0728 e. The molecule has 2 fully saturated rings. The molecule has 3 unspecified atom stereocenters.